The maximum Gasteiger partial charge on any atom is 0.0700 e. The van der Waals surface area contributed by atoms with E-state index in [-0.39, 0.29) is 0 Å². The lowest BCUT2D eigenvalue weighted by Crippen LogP contribution is -2.31. The number of methoxy groups -OCH3 is 1. The summed E-state index contributed by atoms with van der Waals surface area (Å²) < 4.78 is 10.6. The van der Waals surface area contributed by atoms with Crippen molar-refractivity contribution >= 4 is 15.9 Å². The number of alkyl halides is 1. The fraction of sp³-hybridized carbons (Fsp3) is 1.00. The van der Waals surface area contributed by atoms with Gasteiger partial charge in [-0.25, -0.2) is 0 Å². The van der Waals surface area contributed by atoms with Crippen LogP contribution in [0.5, 0.6) is 0 Å². The van der Waals surface area contributed by atoms with E-state index >= 15 is 0 Å². The van der Waals surface area contributed by atoms with Crippen LogP contribution in [0.3, 0.4) is 0 Å². The topological polar surface area (TPSA) is 18.5 Å². The second-order valence-electron chi connectivity index (χ2n) is 4.24. The van der Waals surface area contributed by atoms with Crippen molar-refractivity contribution in [3.8, 4) is 0 Å². The Labute approximate surface area is 95.5 Å². The van der Waals surface area contributed by atoms with Gasteiger partial charge in [-0.15, -0.1) is 0 Å². The Balaban J connectivity index is 2.22. The van der Waals surface area contributed by atoms with Gasteiger partial charge in [0, 0.05) is 17.9 Å². The normalized spacial score (nSPS) is 21.0. The van der Waals surface area contributed by atoms with E-state index < -0.39 is 0 Å². The van der Waals surface area contributed by atoms with E-state index in [1.165, 1.54) is 32.1 Å². The van der Waals surface area contributed by atoms with Crippen molar-refractivity contribution in [1.29, 1.82) is 0 Å². The molecule has 14 heavy (non-hydrogen) atoms. The molecule has 0 amide bonds. The minimum absolute atomic E-state index is 0.409. The summed E-state index contributed by atoms with van der Waals surface area (Å²) >= 11 is 3.63. The highest BCUT2D eigenvalue weighted by atomic mass is 79.9. The van der Waals surface area contributed by atoms with Gasteiger partial charge in [0.05, 0.1) is 19.8 Å². The number of hydrogen-bond acceptors (Lipinski definition) is 2. The molecule has 0 saturated heterocycles. The van der Waals surface area contributed by atoms with Crippen LogP contribution < -0.4 is 0 Å². The van der Waals surface area contributed by atoms with Crippen molar-refractivity contribution in [2.75, 3.05) is 32.3 Å². The van der Waals surface area contributed by atoms with E-state index in [4.69, 9.17) is 9.47 Å². The zero-order chi connectivity index (χ0) is 10.3. The quantitative estimate of drug-likeness (QED) is 0.543. The van der Waals surface area contributed by atoms with Gasteiger partial charge in [-0.1, -0.05) is 35.2 Å². The zero-order valence-electron chi connectivity index (χ0n) is 9.06. The molecule has 0 bridgehead atoms. The van der Waals surface area contributed by atoms with Crippen molar-refractivity contribution < 1.29 is 9.47 Å². The van der Waals surface area contributed by atoms with Crippen LogP contribution in [0, 0.1) is 5.41 Å². The van der Waals surface area contributed by atoms with Crippen molar-refractivity contribution in [1.82, 2.24) is 0 Å². The molecular formula is C11H21BrO2. The molecule has 1 aliphatic carbocycles. The predicted molar refractivity (Wildman–Crippen MR) is 62.0 cm³/mol. The van der Waals surface area contributed by atoms with Crippen LogP contribution >= 0.6 is 15.9 Å². The minimum Gasteiger partial charge on any atom is -0.382 e. The standard InChI is InChI=1S/C11H21BrO2/c1-13-7-8-14-10-11(9-12)5-3-2-4-6-11/h2-10H2,1H3. The van der Waals surface area contributed by atoms with Gasteiger partial charge in [-0.3, -0.25) is 0 Å². The Morgan fingerprint density at radius 3 is 2.43 bits per heavy atom. The average molecular weight is 265 g/mol. The summed E-state index contributed by atoms with van der Waals surface area (Å²) in [4.78, 5) is 0. The Hall–Kier alpha value is 0.400. The maximum absolute atomic E-state index is 5.65. The molecule has 0 aromatic heterocycles. The first-order valence-electron chi connectivity index (χ1n) is 5.46. The summed E-state index contributed by atoms with van der Waals surface area (Å²) in [6.07, 6.45) is 6.74. The van der Waals surface area contributed by atoms with Crippen LogP contribution in [0.15, 0.2) is 0 Å². The SMILES string of the molecule is COCCOCC1(CBr)CCCCC1. The second kappa shape index (κ2) is 6.81. The molecule has 84 valence electrons. The number of halogens is 1. The van der Waals surface area contributed by atoms with E-state index in [9.17, 15) is 0 Å². The maximum atomic E-state index is 5.65. The van der Waals surface area contributed by atoms with Crippen LogP contribution in [-0.2, 0) is 9.47 Å². The lowest BCUT2D eigenvalue weighted by Gasteiger charge is -2.35. The van der Waals surface area contributed by atoms with Gasteiger partial charge < -0.3 is 9.47 Å². The number of hydrogen-bond donors (Lipinski definition) is 0. The predicted octanol–water partition coefficient (Wildman–Crippen LogP) is 2.99. The number of rotatable bonds is 6. The molecule has 1 aliphatic rings. The molecule has 0 aromatic rings. The Morgan fingerprint density at radius 2 is 1.86 bits per heavy atom. The summed E-state index contributed by atoms with van der Waals surface area (Å²) in [6.45, 7) is 2.32. The van der Waals surface area contributed by atoms with Gasteiger partial charge in [0.25, 0.3) is 0 Å². The smallest absolute Gasteiger partial charge is 0.0700 e. The zero-order valence-corrected chi connectivity index (χ0v) is 10.6. The molecule has 1 saturated carbocycles. The molecule has 0 heterocycles. The van der Waals surface area contributed by atoms with E-state index in [1.54, 1.807) is 7.11 Å². The molecule has 0 atom stereocenters. The van der Waals surface area contributed by atoms with Gasteiger partial charge in [-0.05, 0) is 12.8 Å². The highest BCUT2D eigenvalue weighted by molar-refractivity contribution is 9.09. The van der Waals surface area contributed by atoms with Crippen molar-refractivity contribution in [2.24, 2.45) is 5.41 Å². The minimum atomic E-state index is 0.409. The Kier molecular flexibility index (Phi) is 6.06. The summed E-state index contributed by atoms with van der Waals surface area (Å²) in [5, 5.41) is 1.08. The highest BCUT2D eigenvalue weighted by Gasteiger charge is 2.30. The molecule has 1 fully saturated rings. The molecule has 0 aromatic carbocycles. The van der Waals surface area contributed by atoms with E-state index in [1.807, 2.05) is 0 Å². The first kappa shape index (κ1) is 12.5. The Morgan fingerprint density at radius 1 is 1.14 bits per heavy atom. The average Bonchev–Trinajstić information content (AvgIpc) is 2.26. The van der Waals surface area contributed by atoms with Gasteiger partial charge in [-0.2, -0.15) is 0 Å². The molecule has 0 radical (unpaired) electrons. The molecule has 0 N–H and O–H groups in total. The summed E-state index contributed by atoms with van der Waals surface area (Å²) in [6, 6.07) is 0. The summed E-state index contributed by atoms with van der Waals surface area (Å²) in [5.74, 6) is 0. The van der Waals surface area contributed by atoms with Crippen molar-refractivity contribution in [3.63, 3.8) is 0 Å². The molecule has 2 nitrogen and oxygen atoms in total. The molecule has 3 heteroatoms. The third kappa shape index (κ3) is 3.87. The van der Waals surface area contributed by atoms with Crippen LogP contribution in [0.25, 0.3) is 0 Å². The molecule has 1 rings (SSSR count). The highest BCUT2D eigenvalue weighted by Crippen LogP contribution is 2.37. The van der Waals surface area contributed by atoms with Gasteiger partial charge in [0.2, 0.25) is 0 Å². The van der Waals surface area contributed by atoms with Gasteiger partial charge >= 0.3 is 0 Å². The summed E-state index contributed by atoms with van der Waals surface area (Å²) in [7, 11) is 1.71. The van der Waals surface area contributed by atoms with Gasteiger partial charge in [0.15, 0.2) is 0 Å². The van der Waals surface area contributed by atoms with Crippen LogP contribution in [0.4, 0.5) is 0 Å². The third-order valence-electron chi connectivity index (χ3n) is 3.04. The van der Waals surface area contributed by atoms with Crippen LogP contribution in [-0.4, -0.2) is 32.3 Å². The first-order valence-corrected chi connectivity index (χ1v) is 6.58. The monoisotopic (exact) mass is 264 g/mol. The van der Waals surface area contributed by atoms with Crippen molar-refractivity contribution in [2.45, 2.75) is 32.1 Å². The molecule has 0 spiro atoms. The van der Waals surface area contributed by atoms with Crippen LogP contribution in [0.2, 0.25) is 0 Å². The fourth-order valence-corrected chi connectivity index (χ4v) is 2.77. The Bertz CT molecular complexity index is 144. The lowest BCUT2D eigenvalue weighted by atomic mass is 9.76. The first-order chi connectivity index (χ1) is 6.83. The van der Waals surface area contributed by atoms with Crippen LogP contribution in [0.1, 0.15) is 32.1 Å². The number of ether oxygens (including phenoxy) is 2. The van der Waals surface area contributed by atoms with Crippen molar-refractivity contribution in [3.05, 3.63) is 0 Å². The molecular weight excluding hydrogens is 244 g/mol. The van der Waals surface area contributed by atoms with E-state index in [0.717, 1.165) is 18.5 Å². The lowest BCUT2D eigenvalue weighted by molar-refractivity contribution is 0.00972. The van der Waals surface area contributed by atoms with Gasteiger partial charge in [0.1, 0.15) is 0 Å². The summed E-state index contributed by atoms with van der Waals surface area (Å²) in [5.41, 5.74) is 0.409. The van der Waals surface area contributed by atoms with E-state index in [0.29, 0.717) is 12.0 Å². The van der Waals surface area contributed by atoms with E-state index in [2.05, 4.69) is 15.9 Å². The molecule has 0 aliphatic heterocycles. The molecule has 0 unspecified atom stereocenters. The largest absolute Gasteiger partial charge is 0.382 e. The second-order valence-corrected chi connectivity index (χ2v) is 4.80. The third-order valence-corrected chi connectivity index (χ3v) is 4.23. The fourth-order valence-electron chi connectivity index (χ4n) is 2.05.